The van der Waals surface area contributed by atoms with E-state index < -0.39 is 11.8 Å². The Balaban J connectivity index is 2.07. The number of nitrogens with one attached hydrogen (secondary N) is 3. The maximum Gasteiger partial charge on any atom is 0.313 e. The summed E-state index contributed by atoms with van der Waals surface area (Å²) in [5.41, 5.74) is 2.70. The average molecular weight is 325 g/mol. The Labute approximate surface area is 140 Å². The van der Waals surface area contributed by atoms with Crippen molar-refractivity contribution >= 4 is 23.4 Å². The molecule has 3 N–H and O–H groups in total. The number of rotatable bonds is 4. The van der Waals surface area contributed by atoms with Crippen molar-refractivity contribution in [1.29, 1.82) is 0 Å². The molecule has 0 radical (unpaired) electrons. The van der Waals surface area contributed by atoms with E-state index in [9.17, 15) is 14.4 Å². The van der Waals surface area contributed by atoms with E-state index >= 15 is 0 Å². The SMILES string of the molecule is CNC(=O)C(=O)Nc1ccccc1C(=O)NCc1ccc(C)cc1. The van der Waals surface area contributed by atoms with Crippen LogP contribution in [0, 0.1) is 6.92 Å². The molecule has 6 heteroatoms. The van der Waals surface area contributed by atoms with E-state index in [-0.39, 0.29) is 11.6 Å². The zero-order valence-electron chi connectivity index (χ0n) is 13.6. The van der Waals surface area contributed by atoms with Gasteiger partial charge in [0.15, 0.2) is 0 Å². The summed E-state index contributed by atoms with van der Waals surface area (Å²) in [7, 11) is 1.36. The van der Waals surface area contributed by atoms with Gasteiger partial charge in [0.2, 0.25) is 0 Å². The first kappa shape index (κ1) is 17.2. The van der Waals surface area contributed by atoms with Gasteiger partial charge in [-0.2, -0.15) is 0 Å². The number of para-hydroxylation sites is 1. The molecule has 0 heterocycles. The van der Waals surface area contributed by atoms with Gasteiger partial charge in [-0.3, -0.25) is 14.4 Å². The first-order chi connectivity index (χ1) is 11.5. The largest absolute Gasteiger partial charge is 0.351 e. The smallest absolute Gasteiger partial charge is 0.313 e. The van der Waals surface area contributed by atoms with Crippen LogP contribution in [0.5, 0.6) is 0 Å². The molecule has 0 atom stereocenters. The van der Waals surface area contributed by atoms with Gasteiger partial charge in [-0.05, 0) is 24.6 Å². The molecule has 24 heavy (non-hydrogen) atoms. The minimum absolute atomic E-state index is 0.285. The molecule has 2 rings (SSSR count). The van der Waals surface area contributed by atoms with Crippen LogP contribution in [-0.4, -0.2) is 24.8 Å². The van der Waals surface area contributed by atoms with Crippen molar-refractivity contribution in [1.82, 2.24) is 10.6 Å². The van der Waals surface area contributed by atoms with Gasteiger partial charge >= 0.3 is 11.8 Å². The van der Waals surface area contributed by atoms with Gasteiger partial charge in [-0.25, -0.2) is 0 Å². The van der Waals surface area contributed by atoms with Gasteiger partial charge in [0.1, 0.15) is 0 Å². The lowest BCUT2D eigenvalue weighted by Gasteiger charge is -2.11. The first-order valence-corrected chi connectivity index (χ1v) is 7.47. The highest BCUT2D eigenvalue weighted by atomic mass is 16.2. The van der Waals surface area contributed by atoms with Crippen molar-refractivity contribution < 1.29 is 14.4 Å². The molecule has 124 valence electrons. The second kappa shape index (κ2) is 7.92. The van der Waals surface area contributed by atoms with E-state index in [1.165, 1.54) is 7.05 Å². The Morgan fingerprint density at radius 2 is 1.58 bits per heavy atom. The lowest BCUT2D eigenvalue weighted by Crippen LogP contribution is -2.33. The summed E-state index contributed by atoms with van der Waals surface area (Å²) in [5.74, 6) is -1.93. The number of hydrogen-bond acceptors (Lipinski definition) is 3. The molecule has 0 aromatic heterocycles. The molecule has 0 saturated carbocycles. The number of aryl methyl sites for hydroxylation is 1. The average Bonchev–Trinajstić information content (AvgIpc) is 2.60. The summed E-state index contributed by atoms with van der Waals surface area (Å²) in [4.78, 5) is 35.4. The van der Waals surface area contributed by atoms with Gasteiger partial charge < -0.3 is 16.0 Å². The third-order valence-corrected chi connectivity index (χ3v) is 3.43. The topological polar surface area (TPSA) is 87.3 Å². The fourth-order valence-corrected chi connectivity index (χ4v) is 2.07. The standard InChI is InChI=1S/C18H19N3O3/c1-12-7-9-13(10-8-12)11-20-16(22)14-5-3-4-6-15(14)21-18(24)17(23)19-2/h3-10H,11H2,1-2H3,(H,19,23)(H,20,22)(H,21,24). The van der Waals surface area contributed by atoms with Crippen molar-refractivity contribution in [2.45, 2.75) is 13.5 Å². The monoisotopic (exact) mass is 325 g/mol. The van der Waals surface area contributed by atoms with E-state index in [2.05, 4.69) is 16.0 Å². The molecule has 0 saturated heterocycles. The molecular formula is C18H19N3O3. The minimum atomic E-state index is -0.823. The van der Waals surface area contributed by atoms with Gasteiger partial charge in [-0.15, -0.1) is 0 Å². The number of amides is 3. The van der Waals surface area contributed by atoms with Crippen LogP contribution in [0.3, 0.4) is 0 Å². The summed E-state index contributed by atoms with van der Waals surface area (Å²) in [6.45, 7) is 2.37. The lowest BCUT2D eigenvalue weighted by molar-refractivity contribution is -0.135. The van der Waals surface area contributed by atoms with Gasteiger partial charge in [0, 0.05) is 13.6 Å². The van der Waals surface area contributed by atoms with E-state index in [0.717, 1.165) is 11.1 Å². The Morgan fingerprint density at radius 3 is 2.25 bits per heavy atom. The van der Waals surface area contributed by atoms with E-state index in [1.54, 1.807) is 24.3 Å². The highest BCUT2D eigenvalue weighted by molar-refractivity contribution is 6.39. The molecule has 0 fully saturated rings. The van der Waals surface area contributed by atoms with Gasteiger partial charge in [-0.1, -0.05) is 42.0 Å². The Morgan fingerprint density at radius 1 is 0.917 bits per heavy atom. The molecule has 3 amide bonds. The highest BCUT2D eigenvalue weighted by Crippen LogP contribution is 2.15. The second-order valence-corrected chi connectivity index (χ2v) is 5.25. The maximum absolute atomic E-state index is 12.4. The number of anilines is 1. The van der Waals surface area contributed by atoms with Crippen LogP contribution in [0.4, 0.5) is 5.69 Å². The molecule has 0 unspecified atom stereocenters. The summed E-state index contributed by atoms with van der Waals surface area (Å²) in [5, 5.41) is 7.47. The van der Waals surface area contributed by atoms with E-state index in [4.69, 9.17) is 0 Å². The highest BCUT2D eigenvalue weighted by Gasteiger charge is 2.16. The summed E-state index contributed by atoms with van der Waals surface area (Å²) >= 11 is 0. The zero-order chi connectivity index (χ0) is 17.5. The number of carbonyl (C=O) groups excluding carboxylic acids is 3. The van der Waals surface area contributed by atoms with Crippen LogP contribution in [0.15, 0.2) is 48.5 Å². The predicted molar refractivity (Wildman–Crippen MR) is 91.5 cm³/mol. The van der Waals surface area contributed by atoms with Gasteiger partial charge in [0.25, 0.3) is 5.91 Å². The third kappa shape index (κ3) is 4.42. The summed E-state index contributed by atoms with van der Waals surface area (Å²) in [6, 6.07) is 14.3. The maximum atomic E-state index is 12.4. The molecule has 0 aliphatic rings. The third-order valence-electron chi connectivity index (χ3n) is 3.43. The molecule has 2 aromatic carbocycles. The van der Waals surface area contributed by atoms with Crippen LogP contribution in [0.2, 0.25) is 0 Å². The summed E-state index contributed by atoms with van der Waals surface area (Å²) in [6.07, 6.45) is 0. The van der Waals surface area contributed by atoms with Crippen molar-refractivity contribution in [3.05, 3.63) is 65.2 Å². The number of likely N-dealkylation sites (N-methyl/N-ethyl adjacent to an activating group) is 1. The zero-order valence-corrected chi connectivity index (χ0v) is 13.6. The number of carbonyl (C=O) groups is 3. The minimum Gasteiger partial charge on any atom is -0.351 e. The van der Waals surface area contributed by atoms with Crippen LogP contribution >= 0.6 is 0 Å². The molecule has 0 aliphatic carbocycles. The Bertz CT molecular complexity index is 754. The summed E-state index contributed by atoms with van der Waals surface area (Å²) < 4.78 is 0. The van der Waals surface area contributed by atoms with Crippen molar-refractivity contribution in [2.24, 2.45) is 0 Å². The normalized spacial score (nSPS) is 9.92. The molecule has 0 aliphatic heterocycles. The van der Waals surface area contributed by atoms with Crippen LogP contribution < -0.4 is 16.0 Å². The first-order valence-electron chi connectivity index (χ1n) is 7.47. The van der Waals surface area contributed by atoms with Gasteiger partial charge in [0.05, 0.1) is 11.3 Å². The van der Waals surface area contributed by atoms with Crippen molar-refractivity contribution in [2.75, 3.05) is 12.4 Å². The van der Waals surface area contributed by atoms with Crippen LogP contribution in [-0.2, 0) is 16.1 Å². The fourth-order valence-electron chi connectivity index (χ4n) is 2.07. The molecule has 6 nitrogen and oxygen atoms in total. The quantitative estimate of drug-likeness (QED) is 0.746. The molecule has 2 aromatic rings. The number of benzene rings is 2. The van der Waals surface area contributed by atoms with Crippen molar-refractivity contribution in [3.63, 3.8) is 0 Å². The van der Waals surface area contributed by atoms with Crippen molar-refractivity contribution in [3.8, 4) is 0 Å². The lowest BCUT2D eigenvalue weighted by atomic mass is 10.1. The molecule has 0 bridgehead atoms. The Hall–Kier alpha value is -3.15. The van der Waals surface area contributed by atoms with Crippen LogP contribution in [0.25, 0.3) is 0 Å². The molecular weight excluding hydrogens is 306 g/mol. The molecule has 0 spiro atoms. The predicted octanol–water partition coefficient (Wildman–Crippen LogP) is 1.61. The number of hydrogen-bond donors (Lipinski definition) is 3. The van der Waals surface area contributed by atoms with E-state index in [1.807, 2.05) is 31.2 Å². The fraction of sp³-hybridized carbons (Fsp3) is 0.167. The van der Waals surface area contributed by atoms with Crippen LogP contribution in [0.1, 0.15) is 21.5 Å². The van der Waals surface area contributed by atoms with E-state index in [0.29, 0.717) is 12.1 Å². The Kier molecular flexibility index (Phi) is 5.68. The second-order valence-electron chi connectivity index (χ2n) is 5.25.